The molecule has 0 spiro atoms. The number of nitrogens with zero attached hydrogens (tertiary/aromatic N) is 3. The second-order valence-corrected chi connectivity index (χ2v) is 8.19. The summed E-state index contributed by atoms with van der Waals surface area (Å²) in [6, 6.07) is 12.0. The van der Waals surface area contributed by atoms with Gasteiger partial charge in [0.2, 0.25) is 11.7 Å². The minimum absolute atomic E-state index is 0.00456. The third kappa shape index (κ3) is 5.39. The van der Waals surface area contributed by atoms with Gasteiger partial charge in [0.25, 0.3) is 5.91 Å². The summed E-state index contributed by atoms with van der Waals surface area (Å²) in [7, 11) is 0. The molecule has 0 aliphatic carbocycles. The van der Waals surface area contributed by atoms with Crippen molar-refractivity contribution >= 4 is 51.7 Å². The van der Waals surface area contributed by atoms with Crippen LogP contribution in [-0.4, -0.2) is 26.3 Å². The maximum absolute atomic E-state index is 13.8. The number of rotatable bonds is 6. The zero-order chi connectivity index (χ0) is 25.2. The first kappa shape index (κ1) is 24.5. The number of nitrogens with one attached hydrogen (secondary N) is 2. The van der Waals surface area contributed by atoms with E-state index in [0.717, 1.165) is 10.1 Å². The van der Waals surface area contributed by atoms with E-state index in [0.29, 0.717) is 0 Å². The van der Waals surface area contributed by atoms with Gasteiger partial charge in [0, 0.05) is 18.9 Å². The van der Waals surface area contributed by atoms with E-state index < -0.39 is 30.4 Å². The number of para-hydroxylation sites is 1. The van der Waals surface area contributed by atoms with E-state index in [1.54, 1.807) is 18.2 Å². The van der Waals surface area contributed by atoms with Gasteiger partial charge in [0.15, 0.2) is 0 Å². The van der Waals surface area contributed by atoms with Gasteiger partial charge in [-0.2, -0.15) is 13.2 Å². The lowest BCUT2D eigenvalue weighted by molar-refractivity contribution is -0.147. The Labute approximate surface area is 206 Å². The Balaban J connectivity index is 1.66. The number of carbonyl (C=O) groups is 2. The van der Waals surface area contributed by atoms with Gasteiger partial charge in [0.1, 0.15) is 12.1 Å². The number of halogens is 5. The maximum Gasteiger partial charge on any atom is 0.449 e. The first-order valence-corrected chi connectivity index (χ1v) is 10.9. The van der Waals surface area contributed by atoms with E-state index in [1.807, 2.05) is 0 Å². The summed E-state index contributed by atoms with van der Waals surface area (Å²) in [5.74, 6) is -2.64. The number of alkyl halides is 3. The fourth-order valence-electron chi connectivity index (χ4n) is 3.42. The highest BCUT2D eigenvalue weighted by Crippen LogP contribution is 2.34. The Hall–Kier alpha value is -3.63. The van der Waals surface area contributed by atoms with E-state index in [1.165, 1.54) is 42.7 Å². The van der Waals surface area contributed by atoms with Crippen LogP contribution in [0.1, 0.15) is 21.7 Å². The van der Waals surface area contributed by atoms with Gasteiger partial charge in [-0.1, -0.05) is 35.3 Å². The topological polar surface area (TPSA) is 88.9 Å². The summed E-state index contributed by atoms with van der Waals surface area (Å²) < 4.78 is 42.2. The molecule has 2 amide bonds. The summed E-state index contributed by atoms with van der Waals surface area (Å²) in [6.45, 7) is -0.514. The molecule has 12 heteroatoms. The second-order valence-electron chi connectivity index (χ2n) is 7.38. The summed E-state index contributed by atoms with van der Waals surface area (Å²) >= 11 is 12.1. The molecule has 2 aromatic carbocycles. The molecule has 0 unspecified atom stereocenters. The molecular weight excluding hydrogens is 506 g/mol. The van der Waals surface area contributed by atoms with Crippen LogP contribution in [0.5, 0.6) is 0 Å². The molecule has 0 atom stereocenters. The SMILES string of the molecule is O=C(Cn1c(C(F)(F)F)nc2c(NC(=O)c3c(Cl)cccc3Cl)cccc21)NCc1ccncc1. The molecule has 2 N–H and O–H groups in total. The van der Waals surface area contributed by atoms with Crippen molar-refractivity contribution in [1.82, 2.24) is 19.9 Å². The molecular formula is C23H16Cl2F3N5O2. The molecule has 0 bridgehead atoms. The van der Waals surface area contributed by atoms with Gasteiger partial charge >= 0.3 is 6.18 Å². The minimum atomic E-state index is -4.85. The molecule has 7 nitrogen and oxygen atoms in total. The molecule has 4 rings (SSSR count). The van der Waals surface area contributed by atoms with Gasteiger partial charge in [-0.25, -0.2) is 4.98 Å². The van der Waals surface area contributed by atoms with E-state index in [4.69, 9.17) is 23.2 Å². The lowest BCUT2D eigenvalue weighted by Gasteiger charge is -2.12. The number of carbonyl (C=O) groups excluding carboxylic acids is 2. The first-order valence-electron chi connectivity index (χ1n) is 10.1. The van der Waals surface area contributed by atoms with Crippen LogP contribution in [0, 0.1) is 0 Å². The summed E-state index contributed by atoms with van der Waals surface area (Å²) in [5, 5.41) is 5.25. The van der Waals surface area contributed by atoms with Crippen LogP contribution in [0.3, 0.4) is 0 Å². The second kappa shape index (κ2) is 9.93. The lowest BCUT2D eigenvalue weighted by Crippen LogP contribution is -2.29. The van der Waals surface area contributed by atoms with Crippen LogP contribution in [0.4, 0.5) is 18.9 Å². The highest BCUT2D eigenvalue weighted by Gasteiger charge is 2.38. The van der Waals surface area contributed by atoms with Crippen molar-refractivity contribution in [3.63, 3.8) is 0 Å². The van der Waals surface area contributed by atoms with Gasteiger partial charge in [-0.15, -0.1) is 0 Å². The lowest BCUT2D eigenvalue weighted by atomic mass is 10.2. The van der Waals surface area contributed by atoms with Crippen molar-refractivity contribution in [1.29, 1.82) is 0 Å². The van der Waals surface area contributed by atoms with Crippen molar-refractivity contribution < 1.29 is 22.8 Å². The van der Waals surface area contributed by atoms with Crippen molar-refractivity contribution in [2.24, 2.45) is 0 Å². The van der Waals surface area contributed by atoms with Crippen LogP contribution < -0.4 is 10.6 Å². The van der Waals surface area contributed by atoms with E-state index >= 15 is 0 Å². The molecule has 4 aromatic rings. The zero-order valence-electron chi connectivity index (χ0n) is 17.7. The Morgan fingerprint density at radius 1 is 0.971 bits per heavy atom. The quantitative estimate of drug-likeness (QED) is 0.359. The molecule has 0 saturated carbocycles. The van der Waals surface area contributed by atoms with Gasteiger partial charge in [0.05, 0.1) is 26.8 Å². The minimum Gasteiger partial charge on any atom is -0.350 e. The molecule has 0 radical (unpaired) electrons. The molecule has 180 valence electrons. The fraction of sp³-hybridized carbons (Fsp3) is 0.130. The number of aromatic nitrogens is 3. The zero-order valence-corrected chi connectivity index (χ0v) is 19.2. The van der Waals surface area contributed by atoms with E-state index in [9.17, 15) is 22.8 Å². The predicted octanol–water partition coefficient (Wildman–Crippen LogP) is 5.33. The highest BCUT2D eigenvalue weighted by molar-refractivity contribution is 6.40. The number of hydrogen-bond donors (Lipinski definition) is 2. The van der Waals surface area contributed by atoms with Crippen LogP contribution >= 0.6 is 23.2 Å². The number of amides is 2. The number of anilines is 1. The van der Waals surface area contributed by atoms with Crippen molar-refractivity contribution in [2.45, 2.75) is 19.3 Å². The number of imidazole rings is 1. The molecule has 35 heavy (non-hydrogen) atoms. The predicted molar refractivity (Wildman–Crippen MR) is 125 cm³/mol. The molecule has 2 heterocycles. The van der Waals surface area contributed by atoms with Crippen LogP contribution in [-0.2, 0) is 24.1 Å². The molecule has 0 fully saturated rings. The number of hydrogen-bond acceptors (Lipinski definition) is 4. The van der Waals surface area contributed by atoms with Crippen molar-refractivity contribution in [3.05, 3.63) is 87.9 Å². The summed E-state index contributed by atoms with van der Waals surface area (Å²) in [6.07, 6.45) is -1.77. The Morgan fingerprint density at radius 3 is 2.29 bits per heavy atom. The highest BCUT2D eigenvalue weighted by atomic mass is 35.5. The average Bonchev–Trinajstić information content (AvgIpc) is 3.18. The third-order valence-corrected chi connectivity index (χ3v) is 5.64. The van der Waals surface area contributed by atoms with Gasteiger partial charge < -0.3 is 15.2 Å². The average molecular weight is 522 g/mol. The Bertz CT molecular complexity index is 1390. The van der Waals surface area contributed by atoms with Gasteiger partial charge in [-0.05, 0) is 42.0 Å². The summed E-state index contributed by atoms with van der Waals surface area (Å²) in [4.78, 5) is 32.9. The van der Waals surface area contributed by atoms with Crippen LogP contribution in [0.25, 0.3) is 11.0 Å². The fourth-order valence-corrected chi connectivity index (χ4v) is 3.99. The van der Waals surface area contributed by atoms with Crippen molar-refractivity contribution in [2.75, 3.05) is 5.32 Å². The smallest absolute Gasteiger partial charge is 0.350 e. The standard InChI is InChI=1S/C23H16Cl2F3N5O2/c24-14-3-1-4-15(25)19(14)21(35)31-16-5-2-6-17-20(16)32-22(23(26,27)28)33(17)12-18(34)30-11-13-7-9-29-10-8-13/h1-10H,11-12H2,(H,30,34)(H,31,35). The molecule has 0 aliphatic rings. The van der Waals surface area contributed by atoms with Gasteiger partial charge in [-0.3, -0.25) is 14.6 Å². The number of benzene rings is 2. The Kier molecular flexibility index (Phi) is 6.95. The van der Waals surface area contributed by atoms with E-state index in [2.05, 4.69) is 20.6 Å². The number of fused-ring (bicyclic) bond motifs is 1. The third-order valence-electron chi connectivity index (χ3n) is 5.01. The van der Waals surface area contributed by atoms with E-state index in [-0.39, 0.29) is 38.9 Å². The Morgan fingerprint density at radius 2 is 1.63 bits per heavy atom. The first-order chi connectivity index (χ1) is 16.6. The molecule has 0 saturated heterocycles. The largest absolute Gasteiger partial charge is 0.449 e. The molecule has 0 aliphatic heterocycles. The number of pyridine rings is 1. The molecule has 2 aromatic heterocycles. The van der Waals surface area contributed by atoms with Crippen LogP contribution in [0.15, 0.2) is 60.9 Å². The summed E-state index contributed by atoms with van der Waals surface area (Å²) in [5.41, 5.74) is 0.588. The van der Waals surface area contributed by atoms with Crippen LogP contribution in [0.2, 0.25) is 10.0 Å². The van der Waals surface area contributed by atoms with Crippen molar-refractivity contribution in [3.8, 4) is 0 Å². The maximum atomic E-state index is 13.8. The normalized spacial score (nSPS) is 11.5. The monoisotopic (exact) mass is 521 g/mol.